The zero-order chi connectivity index (χ0) is 29.9. The summed E-state index contributed by atoms with van der Waals surface area (Å²) in [5.74, 6) is 2.36. The molecule has 3 fully saturated rings. The first-order valence-electron chi connectivity index (χ1n) is 17.2. The van der Waals surface area contributed by atoms with Crippen molar-refractivity contribution in [2.45, 2.75) is 103 Å². The van der Waals surface area contributed by atoms with Crippen LogP contribution < -0.4 is 26.6 Å². The molecule has 2 heterocycles. The highest BCUT2D eigenvalue weighted by atomic mass is 16.2. The quantitative estimate of drug-likeness (QED) is 0.230. The lowest BCUT2D eigenvalue weighted by molar-refractivity contribution is -0.136. The number of carbonyl (C=O) groups excluding carboxylic acids is 1. The summed E-state index contributed by atoms with van der Waals surface area (Å²) in [6.07, 6.45) is 14.7. The number of benzene rings is 1. The maximum atomic E-state index is 13.0. The molecule has 43 heavy (non-hydrogen) atoms. The van der Waals surface area contributed by atoms with Gasteiger partial charge in [-0.25, -0.2) is 4.98 Å². The van der Waals surface area contributed by atoms with E-state index in [1.54, 1.807) is 0 Å². The third kappa shape index (κ3) is 9.08. The fourth-order valence-electron chi connectivity index (χ4n) is 7.04. The fraction of sp³-hybridized carbons (Fsp3) is 0.657. The van der Waals surface area contributed by atoms with Crippen LogP contribution in [0.5, 0.6) is 0 Å². The number of rotatable bonds is 13. The SMILES string of the molecule is CCc1c(N)cc(N2CCN(C(=O)C3CCCCC3)CC2)nc1NCc1ccc(CNCCCNC2CCCCC2)cc1. The topological polar surface area (TPSA) is 98.5 Å². The molecule has 5 rings (SSSR count). The summed E-state index contributed by atoms with van der Waals surface area (Å²) >= 11 is 0. The number of carbonyl (C=O) groups is 1. The normalized spacial score (nSPS) is 18.6. The Labute approximate surface area is 259 Å². The zero-order valence-corrected chi connectivity index (χ0v) is 26.5. The van der Waals surface area contributed by atoms with Gasteiger partial charge < -0.3 is 31.5 Å². The van der Waals surface area contributed by atoms with Crippen molar-refractivity contribution in [1.29, 1.82) is 0 Å². The Kier molecular flexibility index (Phi) is 12.0. The van der Waals surface area contributed by atoms with Crippen LogP contribution in [0.4, 0.5) is 17.3 Å². The summed E-state index contributed by atoms with van der Waals surface area (Å²) in [4.78, 5) is 22.4. The van der Waals surface area contributed by atoms with Crippen molar-refractivity contribution < 1.29 is 4.79 Å². The second kappa shape index (κ2) is 16.3. The summed E-state index contributed by atoms with van der Waals surface area (Å²) in [6.45, 7) is 8.98. The van der Waals surface area contributed by atoms with Crippen molar-refractivity contribution in [3.8, 4) is 0 Å². The standard InChI is InChI=1S/C35H55N7O/c1-2-31-32(36)24-33(41-20-22-42(23-21-41)35(43)29-10-5-3-6-11-29)40-34(31)39-26-28-16-14-27(15-17-28)25-37-18-9-19-38-30-12-7-4-8-13-30/h14-17,24,29-30,37-38H,2-13,18-23,25-26H2,1H3,(H3,36,39,40). The van der Waals surface area contributed by atoms with E-state index in [1.807, 2.05) is 6.07 Å². The molecule has 0 spiro atoms. The van der Waals surface area contributed by atoms with E-state index in [-0.39, 0.29) is 5.92 Å². The smallest absolute Gasteiger partial charge is 0.225 e. The molecule has 2 saturated carbocycles. The molecule has 0 unspecified atom stereocenters. The third-order valence-corrected chi connectivity index (χ3v) is 9.75. The van der Waals surface area contributed by atoms with E-state index in [0.717, 1.165) is 94.0 Å². The van der Waals surface area contributed by atoms with E-state index < -0.39 is 0 Å². The monoisotopic (exact) mass is 589 g/mol. The molecule has 236 valence electrons. The molecule has 2 aliphatic carbocycles. The van der Waals surface area contributed by atoms with Gasteiger partial charge in [-0.1, -0.05) is 69.7 Å². The number of anilines is 3. The van der Waals surface area contributed by atoms with Crippen LogP contribution in [0.15, 0.2) is 30.3 Å². The van der Waals surface area contributed by atoms with Crippen molar-refractivity contribution in [3.05, 3.63) is 47.0 Å². The molecule has 5 N–H and O–H groups in total. The van der Waals surface area contributed by atoms with E-state index in [4.69, 9.17) is 10.7 Å². The molecule has 0 bridgehead atoms. The predicted octanol–water partition coefficient (Wildman–Crippen LogP) is 5.47. The number of hydrogen-bond acceptors (Lipinski definition) is 7. The van der Waals surface area contributed by atoms with Crippen LogP contribution in [0, 0.1) is 5.92 Å². The first-order valence-corrected chi connectivity index (χ1v) is 17.2. The number of amides is 1. The minimum atomic E-state index is 0.234. The maximum absolute atomic E-state index is 13.0. The highest BCUT2D eigenvalue weighted by Crippen LogP contribution is 2.29. The Balaban J connectivity index is 1.07. The zero-order valence-electron chi connectivity index (χ0n) is 26.5. The molecule has 1 aromatic heterocycles. The van der Waals surface area contributed by atoms with Crippen LogP contribution in [0.25, 0.3) is 0 Å². The van der Waals surface area contributed by atoms with E-state index in [9.17, 15) is 4.79 Å². The van der Waals surface area contributed by atoms with Crippen molar-refractivity contribution in [2.24, 2.45) is 5.92 Å². The number of nitrogens with one attached hydrogen (secondary N) is 3. The molecular formula is C35H55N7O. The van der Waals surface area contributed by atoms with E-state index in [2.05, 4.69) is 56.9 Å². The van der Waals surface area contributed by atoms with Gasteiger partial charge in [-0.2, -0.15) is 0 Å². The van der Waals surface area contributed by atoms with Gasteiger partial charge in [0.05, 0.1) is 0 Å². The Hall–Kier alpha value is -2.84. The third-order valence-electron chi connectivity index (χ3n) is 9.75. The summed E-state index contributed by atoms with van der Waals surface area (Å²) in [5, 5.41) is 10.9. The molecule has 1 amide bonds. The molecule has 2 aromatic rings. The molecule has 8 heteroatoms. The van der Waals surface area contributed by atoms with Crippen LogP contribution in [-0.2, 0) is 24.3 Å². The Morgan fingerprint density at radius 3 is 2.21 bits per heavy atom. The number of hydrogen-bond donors (Lipinski definition) is 4. The van der Waals surface area contributed by atoms with Crippen molar-refractivity contribution in [1.82, 2.24) is 20.5 Å². The molecule has 8 nitrogen and oxygen atoms in total. The first kappa shape index (κ1) is 31.6. The van der Waals surface area contributed by atoms with Gasteiger partial charge in [0.25, 0.3) is 0 Å². The van der Waals surface area contributed by atoms with Gasteiger partial charge in [0.2, 0.25) is 5.91 Å². The minimum absolute atomic E-state index is 0.234. The van der Waals surface area contributed by atoms with Gasteiger partial charge in [0, 0.05) is 68.5 Å². The van der Waals surface area contributed by atoms with Crippen LogP contribution in [0.1, 0.15) is 94.2 Å². The van der Waals surface area contributed by atoms with Crippen LogP contribution >= 0.6 is 0 Å². The van der Waals surface area contributed by atoms with Crippen LogP contribution in [0.3, 0.4) is 0 Å². The van der Waals surface area contributed by atoms with Gasteiger partial charge in [0.15, 0.2) is 0 Å². The molecule has 1 aliphatic heterocycles. The molecule has 0 radical (unpaired) electrons. The number of nitrogens with two attached hydrogens (primary N) is 1. The lowest BCUT2D eigenvalue weighted by Gasteiger charge is -2.38. The van der Waals surface area contributed by atoms with Crippen molar-refractivity contribution >= 4 is 23.2 Å². The fourth-order valence-corrected chi connectivity index (χ4v) is 7.04. The summed E-state index contributed by atoms with van der Waals surface area (Å²) < 4.78 is 0. The minimum Gasteiger partial charge on any atom is -0.398 e. The van der Waals surface area contributed by atoms with Crippen molar-refractivity contribution in [2.75, 3.05) is 55.2 Å². The lowest BCUT2D eigenvalue weighted by atomic mass is 9.88. The highest BCUT2D eigenvalue weighted by molar-refractivity contribution is 5.79. The average molecular weight is 590 g/mol. The van der Waals surface area contributed by atoms with E-state index >= 15 is 0 Å². The molecular weight excluding hydrogens is 534 g/mol. The summed E-state index contributed by atoms with van der Waals surface area (Å²) in [6, 6.07) is 11.6. The Morgan fingerprint density at radius 1 is 0.884 bits per heavy atom. The Morgan fingerprint density at radius 2 is 1.53 bits per heavy atom. The summed E-state index contributed by atoms with van der Waals surface area (Å²) in [5.41, 5.74) is 10.9. The molecule has 0 atom stereocenters. The molecule has 1 aromatic carbocycles. The van der Waals surface area contributed by atoms with Crippen LogP contribution in [0.2, 0.25) is 0 Å². The summed E-state index contributed by atoms with van der Waals surface area (Å²) in [7, 11) is 0. The van der Waals surface area contributed by atoms with Crippen molar-refractivity contribution in [3.63, 3.8) is 0 Å². The van der Waals surface area contributed by atoms with Gasteiger partial charge in [-0.3, -0.25) is 4.79 Å². The van der Waals surface area contributed by atoms with Gasteiger partial charge in [0.1, 0.15) is 11.6 Å². The number of nitrogen functional groups attached to an aromatic ring is 1. The van der Waals surface area contributed by atoms with Gasteiger partial charge in [-0.05, 0) is 62.7 Å². The maximum Gasteiger partial charge on any atom is 0.225 e. The second-order valence-corrected chi connectivity index (χ2v) is 12.9. The average Bonchev–Trinajstić information content (AvgIpc) is 3.06. The van der Waals surface area contributed by atoms with E-state index in [1.165, 1.54) is 68.9 Å². The van der Waals surface area contributed by atoms with Gasteiger partial charge in [-0.15, -0.1) is 0 Å². The number of aromatic nitrogens is 1. The molecule has 1 saturated heterocycles. The lowest BCUT2D eigenvalue weighted by Crippen LogP contribution is -2.50. The number of nitrogens with zero attached hydrogens (tertiary/aromatic N) is 3. The Bertz CT molecular complexity index is 1130. The first-order chi connectivity index (χ1) is 21.1. The van der Waals surface area contributed by atoms with Crippen LogP contribution in [-0.4, -0.2) is 61.1 Å². The predicted molar refractivity (Wildman–Crippen MR) is 178 cm³/mol. The number of pyridine rings is 1. The van der Waals surface area contributed by atoms with E-state index in [0.29, 0.717) is 12.5 Å². The second-order valence-electron chi connectivity index (χ2n) is 12.9. The highest BCUT2D eigenvalue weighted by Gasteiger charge is 2.29. The largest absolute Gasteiger partial charge is 0.398 e. The number of piperazine rings is 1. The molecule has 3 aliphatic rings. The van der Waals surface area contributed by atoms with Gasteiger partial charge >= 0.3 is 0 Å².